The van der Waals surface area contributed by atoms with Gasteiger partial charge in [-0.15, -0.1) is 0 Å². The lowest BCUT2D eigenvalue weighted by atomic mass is 10.2. The number of hydrogen-bond donors (Lipinski definition) is 3. The Bertz CT molecular complexity index is 855. The summed E-state index contributed by atoms with van der Waals surface area (Å²) < 4.78 is 0. The fraction of sp³-hybridized carbons (Fsp3) is 0. The predicted octanol–water partition coefficient (Wildman–Crippen LogP) is 3.37. The highest BCUT2D eigenvalue weighted by molar-refractivity contribution is 6.04. The minimum atomic E-state index is -0.435. The summed E-state index contributed by atoms with van der Waals surface area (Å²) in [7, 11) is 0. The van der Waals surface area contributed by atoms with Gasteiger partial charge >= 0.3 is 0 Å². The van der Waals surface area contributed by atoms with Gasteiger partial charge in [-0.05, 0) is 48.5 Å². The Labute approximate surface area is 133 Å². The first-order valence-corrected chi connectivity index (χ1v) is 7.13. The van der Waals surface area contributed by atoms with Gasteiger partial charge in [-0.25, -0.2) is 0 Å². The van der Waals surface area contributed by atoms with E-state index in [1.54, 1.807) is 18.2 Å². The molecule has 0 unspecified atom stereocenters. The number of pyridine rings is 1. The number of aromatic amines is 1. The lowest BCUT2D eigenvalue weighted by Gasteiger charge is -2.08. The Morgan fingerprint density at radius 3 is 2.13 bits per heavy atom. The van der Waals surface area contributed by atoms with Gasteiger partial charge in [0, 0.05) is 23.3 Å². The summed E-state index contributed by atoms with van der Waals surface area (Å²) in [5, 5.41) is 5.96. The molecule has 23 heavy (non-hydrogen) atoms. The van der Waals surface area contributed by atoms with Crippen LogP contribution in [0.25, 0.3) is 0 Å². The maximum absolute atomic E-state index is 12.1. The average molecular weight is 305 g/mol. The van der Waals surface area contributed by atoms with E-state index in [1.807, 2.05) is 42.5 Å². The van der Waals surface area contributed by atoms with Crippen molar-refractivity contribution in [2.75, 3.05) is 10.6 Å². The second-order valence-corrected chi connectivity index (χ2v) is 4.94. The van der Waals surface area contributed by atoms with Crippen molar-refractivity contribution in [2.24, 2.45) is 0 Å². The zero-order valence-corrected chi connectivity index (χ0v) is 12.2. The number of benzene rings is 2. The van der Waals surface area contributed by atoms with E-state index < -0.39 is 11.5 Å². The van der Waals surface area contributed by atoms with E-state index in [0.29, 0.717) is 5.69 Å². The van der Waals surface area contributed by atoms with Crippen molar-refractivity contribution in [1.82, 2.24) is 4.98 Å². The van der Waals surface area contributed by atoms with Crippen LogP contribution < -0.4 is 16.2 Å². The largest absolute Gasteiger partial charge is 0.356 e. The Morgan fingerprint density at radius 1 is 0.783 bits per heavy atom. The maximum atomic E-state index is 12.1. The first-order valence-electron chi connectivity index (χ1n) is 7.13. The van der Waals surface area contributed by atoms with Gasteiger partial charge in [0.2, 0.25) is 0 Å². The van der Waals surface area contributed by atoms with E-state index in [2.05, 4.69) is 15.6 Å². The second-order valence-electron chi connectivity index (χ2n) is 4.94. The number of carbonyl (C=O) groups is 1. The van der Waals surface area contributed by atoms with Crippen molar-refractivity contribution >= 4 is 23.0 Å². The van der Waals surface area contributed by atoms with Crippen LogP contribution >= 0.6 is 0 Å². The van der Waals surface area contributed by atoms with Crippen LogP contribution in [0.15, 0.2) is 77.7 Å². The number of hydrogen-bond acceptors (Lipinski definition) is 3. The molecule has 0 fully saturated rings. The molecule has 0 atom stereocenters. The maximum Gasteiger partial charge on any atom is 0.261 e. The summed E-state index contributed by atoms with van der Waals surface area (Å²) in [6.45, 7) is 0. The molecule has 0 aliphatic rings. The third-order valence-corrected chi connectivity index (χ3v) is 3.27. The quantitative estimate of drug-likeness (QED) is 0.692. The molecule has 5 heteroatoms. The highest BCUT2D eigenvalue weighted by atomic mass is 16.2. The Morgan fingerprint density at radius 2 is 1.43 bits per heavy atom. The molecular weight excluding hydrogens is 290 g/mol. The number of para-hydroxylation sites is 1. The molecule has 3 rings (SSSR count). The lowest BCUT2D eigenvalue weighted by molar-refractivity contribution is 0.102. The monoisotopic (exact) mass is 305 g/mol. The zero-order chi connectivity index (χ0) is 16.1. The predicted molar refractivity (Wildman–Crippen MR) is 91.2 cm³/mol. The first kappa shape index (κ1) is 14.6. The zero-order valence-electron chi connectivity index (χ0n) is 12.2. The Hall–Kier alpha value is -3.34. The van der Waals surface area contributed by atoms with Crippen LogP contribution in [0, 0.1) is 0 Å². The summed E-state index contributed by atoms with van der Waals surface area (Å²) in [4.78, 5) is 26.1. The van der Waals surface area contributed by atoms with E-state index in [-0.39, 0.29) is 5.56 Å². The number of H-pyrrole nitrogens is 1. The summed E-state index contributed by atoms with van der Waals surface area (Å²) in [6.07, 6.45) is 1.49. The Balaban J connectivity index is 1.69. The van der Waals surface area contributed by atoms with E-state index in [4.69, 9.17) is 0 Å². The molecular formula is C18H15N3O2. The number of nitrogens with one attached hydrogen (secondary N) is 3. The van der Waals surface area contributed by atoms with Crippen LogP contribution in [0.3, 0.4) is 0 Å². The summed E-state index contributed by atoms with van der Waals surface area (Å²) in [5.74, 6) is -0.435. The molecule has 0 saturated carbocycles. The van der Waals surface area contributed by atoms with E-state index in [1.165, 1.54) is 12.3 Å². The van der Waals surface area contributed by atoms with Gasteiger partial charge < -0.3 is 15.6 Å². The molecule has 3 N–H and O–H groups in total. The summed E-state index contributed by atoms with van der Waals surface area (Å²) in [5.41, 5.74) is 2.19. The number of rotatable bonds is 4. The molecule has 114 valence electrons. The van der Waals surface area contributed by atoms with Crippen LogP contribution in [0.4, 0.5) is 17.1 Å². The molecule has 0 radical (unpaired) electrons. The minimum Gasteiger partial charge on any atom is -0.356 e. The number of amides is 1. The van der Waals surface area contributed by atoms with Crippen molar-refractivity contribution in [3.63, 3.8) is 0 Å². The van der Waals surface area contributed by atoms with Crippen molar-refractivity contribution in [2.45, 2.75) is 0 Å². The van der Waals surface area contributed by atoms with Gasteiger partial charge in [0.15, 0.2) is 0 Å². The van der Waals surface area contributed by atoms with Gasteiger partial charge in [0.25, 0.3) is 11.5 Å². The molecule has 0 aliphatic heterocycles. The molecule has 0 bridgehead atoms. The molecule has 0 saturated heterocycles. The van der Waals surface area contributed by atoms with Gasteiger partial charge in [-0.2, -0.15) is 0 Å². The van der Waals surface area contributed by atoms with Crippen molar-refractivity contribution in [3.8, 4) is 0 Å². The van der Waals surface area contributed by atoms with Crippen molar-refractivity contribution in [3.05, 3.63) is 88.8 Å². The minimum absolute atomic E-state index is 0.0824. The average Bonchev–Trinajstić information content (AvgIpc) is 2.58. The lowest BCUT2D eigenvalue weighted by Crippen LogP contribution is -2.22. The highest BCUT2D eigenvalue weighted by Crippen LogP contribution is 2.18. The van der Waals surface area contributed by atoms with Gasteiger partial charge in [-0.3, -0.25) is 9.59 Å². The number of aromatic nitrogens is 1. The van der Waals surface area contributed by atoms with Crippen LogP contribution in [0.5, 0.6) is 0 Å². The van der Waals surface area contributed by atoms with Crippen molar-refractivity contribution < 1.29 is 4.79 Å². The fourth-order valence-corrected chi connectivity index (χ4v) is 2.12. The topological polar surface area (TPSA) is 74.0 Å². The standard InChI is InChI=1S/C18H15N3O2/c22-17-16(7-4-12-19-17)18(23)21-15-10-8-14(9-11-15)20-13-5-2-1-3-6-13/h1-12,20H,(H,19,22)(H,21,23). The molecule has 0 aliphatic carbocycles. The van der Waals surface area contributed by atoms with Crippen LogP contribution in [-0.4, -0.2) is 10.9 Å². The SMILES string of the molecule is O=C(Nc1ccc(Nc2ccccc2)cc1)c1ccc[nH]c1=O. The second kappa shape index (κ2) is 6.62. The van der Waals surface area contributed by atoms with Crippen LogP contribution in [0.1, 0.15) is 10.4 Å². The molecule has 1 aromatic heterocycles. The molecule has 2 aromatic carbocycles. The number of carbonyl (C=O) groups excluding carboxylic acids is 1. The normalized spacial score (nSPS) is 10.1. The fourth-order valence-electron chi connectivity index (χ4n) is 2.12. The highest BCUT2D eigenvalue weighted by Gasteiger charge is 2.09. The molecule has 1 amide bonds. The molecule has 5 nitrogen and oxygen atoms in total. The summed E-state index contributed by atoms with van der Waals surface area (Å²) >= 11 is 0. The van der Waals surface area contributed by atoms with E-state index >= 15 is 0 Å². The van der Waals surface area contributed by atoms with E-state index in [9.17, 15) is 9.59 Å². The smallest absolute Gasteiger partial charge is 0.261 e. The summed E-state index contributed by atoms with van der Waals surface area (Å²) in [6, 6.07) is 20.2. The number of anilines is 3. The first-order chi connectivity index (χ1) is 11.2. The van der Waals surface area contributed by atoms with Crippen molar-refractivity contribution in [1.29, 1.82) is 0 Å². The third kappa shape index (κ3) is 3.65. The molecule has 3 aromatic rings. The van der Waals surface area contributed by atoms with Gasteiger partial charge in [0.05, 0.1) is 0 Å². The van der Waals surface area contributed by atoms with Gasteiger partial charge in [-0.1, -0.05) is 18.2 Å². The molecule has 1 heterocycles. The van der Waals surface area contributed by atoms with E-state index in [0.717, 1.165) is 11.4 Å². The van der Waals surface area contributed by atoms with Gasteiger partial charge in [0.1, 0.15) is 5.56 Å². The van der Waals surface area contributed by atoms with Crippen LogP contribution in [-0.2, 0) is 0 Å². The molecule has 0 spiro atoms. The van der Waals surface area contributed by atoms with Crippen LogP contribution in [0.2, 0.25) is 0 Å². The third-order valence-electron chi connectivity index (χ3n) is 3.27. The Kier molecular flexibility index (Phi) is 4.20.